The third-order valence-corrected chi connectivity index (χ3v) is 3.90. The largest absolute Gasteiger partial charge is 0.465 e. The summed E-state index contributed by atoms with van der Waals surface area (Å²) in [6.07, 6.45) is 1.24. The Balaban J connectivity index is 2.40. The van der Waals surface area contributed by atoms with Crippen molar-refractivity contribution in [1.29, 1.82) is 0 Å². The lowest BCUT2D eigenvalue weighted by atomic mass is 9.64. The lowest BCUT2D eigenvalue weighted by Gasteiger charge is -2.52. The van der Waals surface area contributed by atoms with Gasteiger partial charge in [0.15, 0.2) is 0 Å². The van der Waals surface area contributed by atoms with Crippen molar-refractivity contribution in [1.82, 2.24) is 5.32 Å². The molecule has 0 bridgehead atoms. The minimum Gasteiger partial charge on any atom is -0.465 e. The topological polar surface area (TPSA) is 47.6 Å². The van der Waals surface area contributed by atoms with Crippen molar-refractivity contribution in [2.45, 2.75) is 66.2 Å². The molecule has 0 aromatic rings. The summed E-state index contributed by atoms with van der Waals surface area (Å²) >= 11 is 0. The molecule has 4 heteroatoms. The molecule has 0 radical (unpaired) electrons. The maximum absolute atomic E-state index is 11.6. The maximum Gasteiger partial charge on any atom is 0.322 e. The second-order valence-electron chi connectivity index (χ2n) is 6.47. The van der Waals surface area contributed by atoms with Gasteiger partial charge in [0.1, 0.15) is 6.04 Å². The Bertz CT molecular complexity index is 302. The van der Waals surface area contributed by atoms with Gasteiger partial charge in [0.05, 0.1) is 12.7 Å². The normalized spacial score (nSPS) is 26.9. The van der Waals surface area contributed by atoms with E-state index < -0.39 is 0 Å². The monoisotopic (exact) mass is 271 g/mol. The summed E-state index contributed by atoms with van der Waals surface area (Å²) in [6, 6.07) is 0.0549. The molecule has 1 aliphatic rings. The van der Waals surface area contributed by atoms with E-state index in [-0.39, 0.29) is 23.5 Å². The van der Waals surface area contributed by atoms with E-state index >= 15 is 0 Å². The van der Waals surface area contributed by atoms with Gasteiger partial charge in [-0.1, -0.05) is 27.7 Å². The quantitative estimate of drug-likeness (QED) is 0.722. The van der Waals surface area contributed by atoms with Crippen molar-refractivity contribution in [3.05, 3.63) is 0 Å². The first-order valence-corrected chi connectivity index (χ1v) is 7.33. The summed E-state index contributed by atoms with van der Waals surface area (Å²) in [5.41, 5.74) is 0.0651. The molecular weight excluding hydrogens is 242 g/mol. The van der Waals surface area contributed by atoms with Crippen LogP contribution in [0.3, 0.4) is 0 Å². The molecule has 3 atom stereocenters. The van der Waals surface area contributed by atoms with Gasteiger partial charge in [-0.25, -0.2) is 0 Å². The molecule has 1 fully saturated rings. The maximum atomic E-state index is 11.6. The van der Waals surface area contributed by atoms with E-state index in [0.29, 0.717) is 18.6 Å². The number of nitrogens with one attached hydrogen (secondary N) is 1. The van der Waals surface area contributed by atoms with E-state index in [1.54, 1.807) is 0 Å². The molecule has 0 heterocycles. The Labute approximate surface area is 117 Å². The number of carbonyl (C=O) groups is 1. The Hall–Kier alpha value is -0.610. The van der Waals surface area contributed by atoms with Gasteiger partial charge in [-0.3, -0.25) is 4.79 Å². The standard InChI is InChI=1S/C15H29NO3/c1-7-18-14(17)11(4)16-12-8-13(15(12,5)6)19-9-10(2)3/h10-13,16H,7-9H2,1-6H3. The number of rotatable bonds is 7. The fourth-order valence-electron chi connectivity index (χ4n) is 2.40. The van der Waals surface area contributed by atoms with Crippen LogP contribution in [0, 0.1) is 11.3 Å². The van der Waals surface area contributed by atoms with Gasteiger partial charge in [-0.05, 0) is 26.2 Å². The third kappa shape index (κ3) is 4.18. The van der Waals surface area contributed by atoms with Crippen LogP contribution in [-0.2, 0) is 14.3 Å². The minimum atomic E-state index is -0.254. The highest BCUT2D eigenvalue weighted by atomic mass is 16.5. The zero-order valence-corrected chi connectivity index (χ0v) is 13.2. The highest BCUT2D eigenvalue weighted by molar-refractivity contribution is 5.75. The number of esters is 1. The molecular formula is C15H29NO3. The van der Waals surface area contributed by atoms with Crippen LogP contribution in [0.5, 0.6) is 0 Å². The second-order valence-corrected chi connectivity index (χ2v) is 6.47. The van der Waals surface area contributed by atoms with Gasteiger partial charge >= 0.3 is 5.97 Å². The van der Waals surface area contributed by atoms with Gasteiger partial charge in [0, 0.05) is 18.1 Å². The van der Waals surface area contributed by atoms with Crippen LogP contribution >= 0.6 is 0 Å². The second kappa shape index (κ2) is 6.71. The molecule has 1 N–H and O–H groups in total. The molecule has 3 unspecified atom stereocenters. The molecule has 0 amide bonds. The average molecular weight is 271 g/mol. The van der Waals surface area contributed by atoms with Gasteiger partial charge in [-0.2, -0.15) is 0 Å². The molecule has 112 valence electrons. The van der Waals surface area contributed by atoms with Crippen LogP contribution in [-0.4, -0.2) is 37.4 Å². The predicted molar refractivity (Wildman–Crippen MR) is 76.0 cm³/mol. The van der Waals surface area contributed by atoms with Crippen LogP contribution in [0.2, 0.25) is 0 Å². The summed E-state index contributed by atoms with van der Waals surface area (Å²) in [5, 5.41) is 3.35. The van der Waals surface area contributed by atoms with E-state index in [4.69, 9.17) is 9.47 Å². The molecule has 0 spiro atoms. The smallest absolute Gasteiger partial charge is 0.322 e. The first-order chi connectivity index (χ1) is 8.78. The molecule has 0 aromatic heterocycles. The fraction of sp³-hybridized carbons (Fsp3) is 0.933. The zero-order valence-electron chi connectivity index (χ0n) is 13.2. The summed E-state index contributed by atoms with van der Waals surface area (Å²) in [6.45, 7) is 13.6. The van der Waals surface area contributed by atoms with E-state index in [1.165, 1.54) is 0 Å². The average Bonchev–Trinajstić information content (AvgIpc) is 2.32. The Morgan fingerprint density at radius 1 is 1.37 bits per heavy atom. The third-order valence-electron chi connectivity index (χ3n) is 3.90. The highest BCUT2D eigenvalue weighted by Gasteiger charge is 2.49. The van der Waals surface area contributed by atoms with Crippen LogP contribution in [0.1, 0.15) is 48.0 Å². The number of ether oxygens (including phenoxy) is 2. The summed E-state index contributed by atoms with van der Waals surface area (Å²) < 4.78 is 10.9. The molecule has 1 aliphatic carbocycles. The van der Waals surface area contributed by atoms with Gasteiger partial charge in [0.25, 0.3) is 0 Å². The molecule has 19 heavy (non-hydrogen) atoms. The van der Waals surface area contributed by atoms with Crippen molar-refractivity contribution < 1.29 is 14.3 Å². The minimum absolute atomic E-state index is 0.0651. The molecule has 0 saturated heterocycles. The predicted octanol–water partition coefficient (Wildman–Crippen LogP) is 2.37. The van der Waals surface area contributed by atoms with Crippen molar-refractivity contribution in [3.8, 4) is 0 Å². The summed E-state index contributed by atoms with van der Waals surface area (Å²) in [5.74, 6) is 0.381. The Kier molecular flexibility index (Phi) is 5.81. The summed E-state index contributed by atoms with van der Waals surface area (Å²) in [4.78, 5) is 11.6. The van der Waals surface area contributed by atoms with E-state index in [2.05, 4.69) is 33.0 Å². The van der Waals surface area contributed by atoms with E-state index in [0.717, 1.165) is 13.0 Å². The van der Waals surface area contributed by atoms with E-state index in [9.17, 15) is 4.79 Å². The van der Waals surface area contributed by atoms with Crippen LogP contribution < -0.4 is 5.32 Å². The SMILES string of the molecule is CCOC(=O)C(C)NC1CC(OCC(C)C)C1(C)C. The van der Waals surface area contributed by atoms with Crippen molar-refractivity contribution >= 4 is 5.97 Å². The lowest BCUT2D eigenvalue weighted by molar-refractivity contribution is -0.150. The van der Waals surface area contributed by atoms with Crippen molar-refractivity contribution in [2.24, 2.45) is 11.3 Å². The van der Waals surface area contributed by atoms with Crippen molar-refractivity contribution in [2.75, 3.05) is 13.2 Å². The fourth-order valence-corrected chi connectivity index (χ4v) is 2.40. The number of hydrogen-bond donors (Lipinski definition) is 1. The molecule has 0 aliphatic heterocycles. The van der Waals surface area contributed by atoms with Gasteiger partial charge in [-0.15, -0.1) is 0 Å². The van der Waals surface area contributed by atoms with Crippen LogP contribution in [0.4, 0.5) is 0 Å². The van der Waals surface area contributed by atoms with Crippen molar-refractivity contribution in [3.63, 3.8) is 0 Å². The molecule has 0 aromatic carbocycles. The highest BCUT2D eigenvalue weighted by Crippen LogP contribution is 2.43. The Morgan fingerprint density at radius 2 is 2.00 bits per heavy atom. The molecule has 1 rings (SSSR count). The van der Waals surface area contributed by atoms with E-state index in [1.807, 2.05) is 13.8 Å². The molecule has 4 nitrogen and oxygen atoms in total. The van der Waals surface area contributed by atoms with Crippen LogP contribution in [0.25, 0.3) is 0 Å². The number of carbonyl (C=O) groups excluding carboxylic acids is 1. The molecule has 1 saturated carbocycles. The Morgan fingerprint density at radius 3 is 2.47 bits per heavy atom. The summed E-state index contributed by atoms with van der Waals surface area (Å²) in [7, 11) is 0. The van der Waals surface area contributed by atoms with Gasteiger partial charge in [0.2, 0.25) is 0 Å². The van der Waals surface area contributed by atoms with Gasteiger partial charge < -0.3 is 14.8 Å². The lowest BCUT2D eigenvalue weighted by Crippen LogP contribution is -2.63. The first-order valence-electron chi connectivity index (χ1n) is 7.33. The first kappa shape index (κ1) is 16.4. The zero-order chi connectivity index (χ0) is 14.6. The van der Waals surface area contributed by atoms with Crippen LogP contribution in [0.15, 0.2) is 0 Å². The number of hydrogen-bond acceptors (Lipinski definition) is 4.